The number of hydrogen-bond acceptors (Lipinski definition) is 4. The summed E-state index contributed by atoms with van der Waals surface area (Å²) in [6, 6.07) is 7.87. The maximum absolute atomic E-state index is 6.39. The first-order valence-electron chi connectivity index (χ1n) is 6.89. The van der Waals surface area contributed by atoms with E-state index in [2.05, 4.69) is 10.2 Å². The molecule has 0 spiro atoms. The van der Waals surface area contributed by atoms with Gasteiger partial charge in [0.15, 0.2) is 0 Å². The van der Waals surface area contributed by atoms with Gasteiger partial charge in [-0.15, -0.1) is 0 Å². The first-order valence-corrected chi connectivity index (χ1v) is 6.89. The minimum absolute atomic E-state index is 0.178. The molecular formula is C15H19N3O. The number of rotatable bonds is 3. The molecule has 1 fully saturated rings. The van der Waals surface area contributed by atoms with Crippen molar-refractivity contribution in [2.45, 2.75) is 37.6 Å². The predicted molar refractivity (Wildman–Crippen MR) is 75.0 cm³/mol. The van der Waals surface area contributed by atoms with Gasteiger partial charge in [0.05, 0.1) is 17.3 Å². The van der Waals surface area contributed by atoms with Gasteiger partial charge in [0, 0.05) is 5.39 Å². The zero-order valence-electron chi connectivity index (χ0n) is 11.0. The van der Waals surface area contributed by atoms with E-state index in [-0.39, 0.29) is 5.54 Å². The lowest BCUT2D eigenvalue weighted by molar-refractivity contribution is 0.174. The van der Waals surface area contributed by atoms with Crippen LogP contribution in [0.1, 0.15) is 32.1 Å². The van der Waals surface area contributed by atoms with Crippen molar-refractivity contribution in [1.82, 2.24) is 10.2 Å². The summed E-state index contributed by atoms with van der Waals surface area (Å²) >= 11 is 0. The minimum atomic E-state index is -0.178. The normalized spacial score (nSPS) is 18.4. The van der Waals surface area contributed by atoms with Crippen LogP contribution in [0.5, 0.6) is 5.75 Å². The van der Waals surface area contributed by atoms with E-state index in [0.29, 0.717) is 6.61 Å². The van der Waals surface area contributed by atoms with Crippen molar-refractivity contribution in [3.8, 4) is 5.75 Å². The van der Waals surface area contributed by atoms with Crippen molar-refractivity contribution < 1.29 is 4.74 Å². The number of nitrogens with zero attached hydrogens (tertiary/aromatic N) is 2. The summed E-state index contributed by atoms with van der Waals surface area (Å²) in [6.07, 6.45) is 7.46. The van der Waals surface area contributed by atoms with Gasteiger partial charge < -0.3 is 10.5 Å². The lowest BCUT2D eigenvalue weighted by Gasteiger charge is -2.33. The molecule has 1 saturated carbocycles. The van der Waals surface area contributed by atoms with Gasteiger partial charge in [-0.2, -0.15) is 10.2 Å². The zero-order valence-corrected chi connectivity index (χ0v) is 11.0. The smallest absolute Gasteiger partial charge is 0.148 e. The molecule has 0 amide bonds. The summed E-state index contributed by atoms with van der Waals surface area (Å²) in [5, 5.41) is 9.07. The van der Waals surface area contributed by atoms with Crippen LogP contribution in [0.4, 0.5) is 0 Å². The number of benzene rings is 1. The Hall–Kier alpha value is -1.68. The van der Waals surface area contributed by atoms with E-state index < -0.39 is 0 Å². The fourth-order valence-electron chi connectivity index (χ4n) is 2.72. The first kappa shape index (κ1) is 12.4. The summed E-state index contributed by atoms with van der Waals surface area (Å²) in [4.78, 5) is 0. The Morgan fingerprint density at radius 1 is 1.16 bits per heavy atom. The van der Waals surface area contributed by atoms with Crippen LogP contribution < -0.4 is 10.5 Å². The molecule has 1 aliphatic carbocycles. The first-order chi connectivity index (χ1) is 9.27. The van der Waals surface area contributed by atoms with Crippen LogP contribution in [0.15, 0.2) is 30.5 Å². The molecule has 0 atom stereocenters. The molecule has 1 aromatic carbocycles. The van der Waals surface area contributed by atoms with Gasteiger partial charge in [0.2, 0.25) is 0 Å². The lowest BCUT2D eigenvalue weighted by atomic mass is 9.83. The Morgan fingerprint density at radius 2 is 1.95 bits per heavy atom. The average molecular weight is 257 g/mol. The second-order valence-electron chi connectivity index (χ2n) is 5.44. The molecule has 4 heteroatoms. The van der Waals surface area contributed by atoms with Crippen molar-refractivity contribution in [1.29, 1.82) is 0 Å². The standard InChI is InChI=1S/C15H19N3O/c16-15(8-4-1-5-9-15)11-19-14-10-17-18-13-7-3-2-6-12(13)14/h2-3,6-7,10H,1,4-5,8-9,11,16H2. The van der Waals surface area contributed by atoms with Crippen LogP contribution in [-0.4, -0.2) is 22.3 Å². The van der Waals surface area contributed by atoms with E-state index in [1.54, 1.807) is 6.20 Å². The highest BCUT2D eigenvalue weighted by Gasteiger charge is 2.28. The highest BCUT2D eigenvalue weighted by molar-refractivity contribution is 5.83. The molecule has 0 unspecified atom stereocenters. The van der Waals surface area contributed by atoms with E-state index in [1.807, 2.05) is 24.3 Å². The molecule has 2 aromatic rings. The maximum Gasteiger partial charge on any atom is 0.148 e. The number of fused-ring (bicyclic) bond motifs is 1. The molecular weight excluding hydrogens is 238 g/mol. The second kappa shape index (κ2) is 5.13. The molecule has 19 heavy (non-hydrogen) atoms. The van der Waals surface area contributed by atoms with Crippen LogP contribution in [0, 0.1) is 0 Å². The molecule has 2 N–H and O–H groups in total. The van der Waals surface area contributed by atoms with Crippen molar-refractivity contribution in [3.63, 3.8) is 0 Å². The van der Waals surface area contributed by atoms with Crippen LogP contribution in [0.2, 0.25) is 0 Å². The van der Waals surface area contributed by atoms with Crippen molar-refractivity contribution in [2.24, 2.45) is 5.73 Å². The molecule has 3 rings (SSSR count). The van der Waals surface area contributed by atoms with Gasteiger partial charge in [0.25, 0.3) is 0 Å². The summed E-state index contributed by atoms with van der Waals surface area (Å²) < 4.78 is 5.93. The van der Waals surface area contributed by atoms with Crippen LogP contribution in [0.25, 0.3) is 10.9 Å². The largest absolute Gasteiger partial charge is 0.489 e. The highest BCUT2D eigenvalue weighted by atomic mass is 16.5. The van der Waals surface area contributed by atoms with E-state index >= 15 is 0 Å². The molecule has 1 aromatic heterocycles. The highest BCUT2D eigenvalue weighted by Crippen LogP contribution is 2.28. The lowest BCUT2D eigenvalue weighted by Crippen LogP contribution is -2.47. The predicted octanol–water partition coefficient (Wildman–Crippen LogP) is 2.67. The molecule has 1 aliphatic rings. The third-order valence-corrected chi connectivity index (χ3v) is 3.87. The summed E-state index contributed by atoms with van der Waals surface area (Å²) in [6.45, 7) is 0.558. The molecule has 4 nitrogen and oxygen atoms in total. The van der Waals surface area contributed by atoms with Crippen LogP contribution in [0.3, 0.4) is 0 Å². The molecule has 100 valence electrons. The van der Waals surface area contributed by atoms with Crippen LogP contribution in [-0.2, 0) is 0 Å². The third kappa shape index (κ3) is 2.68. The van der Waals surface area contributed by atoms with Crippen molar-refractivity contribution in [2.75, 3.05) is 6.61 Å². The topological polar surface area (TPSA) is 61.0 Å². The number of hydrogen-bond donors (Lipinski definition) is 1. The fraction of sp³-hybridized carbons (Fsp3) is 0.467. The SMILES string of the molecule is NC1(COc2cnnc3ccccc23)CCCCC1. The Labute approximate surface area is 113 Å². The zero-order chi connectivity index (χ0) is 13.1. The van der Waals surface area contributed by atoms with Crippen LogP contribution >= 0.6 is 0 Å². The molecule has 1 heterocycles. The Balaban J connectivity index is 1.78. The van der Waals surface area contributed by atoms with E-state index in [9.17, 15) is 0 Å². The van der Waals surface area contributed by atoms with Gasteiger partial charge in [-0.25, -0.2) is 0 Å². The Kier molecular flexibility index (Phi) is 3.34. The van der Waals surface area contributed by atoms with E-state index in [0.717, 1.165) is 29.5 Å². The van der Waals surface area contributed by atoms with Gasteiger partial charge in [-0.3, -0.25) is 0 Å². The Morgan fingerprint density at radius 3 is 2.79 bits per heavy atom. The number of ether oxygens (including phenoxy) is 1. The second-order valence-corrected chi connectivity index (χ2v) is 5.44. The summed E-state index contributed by atoms with van der Waals surface area (Å²) in [7, 11) is 0. The van der Waals surface area contributed by atoms with Crippen molar-refractivity contribution >= 4 is 10.9 Å². The molecule has 0 bridgehead atoms. The molecule has 0 radical (unpaired) electrons. The molecule has 0 aliphatic heterocycles. The van der Waals surface area contributed by atoms with Crippen molar-refractivity contribution in [3.05, 3.63) is 30.5 Å². The van der Waals surface area contributed by atoms with Gasteiger partial charge >= 0.3 is 0 Å². The van der Waals surface area contributed by atoms with Gasteiger partial charge in [0.1, 0.15) is 12.4 Å². The summed E-state index contributed by atoms with van der Waals surface area (Å²) in [5.41, 5.74) is 7.07. The number of aromatic nitrogens is 2. The third-order valence-electron chi connectivity index (χ3n) is 3.87. The minimum Gasteiger partial charge on any atom is -0.489 e. The maximum atomic E-state index is 6.39. The van der Waals surface area contributed by atoms with E-state index in [4.69, 9.17) is 10.5 Å². The summed E-state index contributed by atoms with van der Waals surface area (Å²) in [5.74, 6) is 0.779. The van der Waals surface area contributed by atoms with Gasteiger partial charge in [-0.05, 0) is 25.0 Å². The molecule has 0 saturated heterocycles. The fourth-order valence-corrected chi connectivity index (χ4v) is 2.72. The quantitative estimate of drug-likeness (QED) is 0.918. The van der Waals surface area contributed by atoms with Gasteiger partial charge in [-0.1, -0.05) is 31.4 Å². The van der Waals surface area contributed by atoms with E-state index in [1.165, 1.54) is 19.3 Å². The monoisotopic (exact) mass is 257 g/mol. The average Bonchev–Trinajstić information content (AvgIpc) is 2.46. The number of nitrogens with two attached hydrogens (primary N) is 1. The Bertz CT molecular complexity index is 559.